The molecule has 0 N–H and O–H groups in total. The summed E-state index contributed by atoms with van der Waals surface area (Å²) in [7, 11) is 0. The van der Waals surface area contributed by atoms with Gasteiger partial charge in [0.1, 0.15) is 0 Å². The van der Waals surface area contributed by atoms with Crippen molar-refractivity contribution in [2.75, 3.05) is 0 Å². The van der Waals surface area contributed by atoms with Crippen LogP contribution in [0.3, 0.4) is 0 Å². The van der Waals surface area contributed by atoms with Gasteiger partial charge < -0.3 is 0 Å². The quantitative estimate of drug-likeness (QED) is 0.163. The van der Waals surface area contributed by atoms with E-state index in [9.17, 15) is 0 Å². The van der Waals surface area contributed by atoms with Crippen LogP contribution in [0.1, 0.15) is 52.7 Å². The van der Waals surface area contributed by atoms with E-state index in [1.54, 1.807) is 0 Å². The standard InChI is InChI=1S/C53H46N4/c1-51(2)45-27-25-39(33-46(45)52(3,4)53(51,5)6)47-28-26-41(34-54-47)50-56-48(37-21-14-9-15-22-37)55-49(57-50)40-24-16-23-38(29-40)44-31-42(35-17-10-7-11-18-35)30-43(32-44)36-19-12-8-13-20-36/h7-34H,1-6H3. The average Bonchev–Trinajstić information content (AvgIpc) is 3.37. The average molecular weight is 739 g/mol. The van der Waals surface area contributed by atoms with Crippen molar-refractivity contribution in [1.82, 2.24) is 19.9 Å². The van der Waals surface area contributed by atoms with E-state index >= 15 is 0 Å². The molecule has 278 valence electrons. The Morgan fingerprint density at radius 3 is 1.32 bits per heavy atom. The van der Waals surface area contributed by atoms with Crippen LogP contribution in [0.5, 0.6) is 0 Å². The van der Waals surface area contributed by atoms with Gasteiger partial charge in [-0.05, 0) is 103 Å². The van der Waals surface area contributed by atoms with E-state index in [4.69, 9.17) is 19.9 Å². The highest BCUT2D eigenvalue weighted by Crippen LogP contribution is 2.61. The molecular formula is C53H46N4. The number of nitrogens with zero attached hydrogens (tertiary/aromatic N) is 4. The van der Waals surface area contributed by atoms with Gasteiger partial charge >= 0.3 is 0 Å². The molecule has 1 aliphatic rings. The van der Waals surface area contributed by atoms with Crippen LogP contribution in [0, 0.1) is 5.41 Å². The molecule has 2 heterocycles. The van der Waals surface area contributed by atoms with Gasteiger partial charge in [-0.2, -0.15) is 0 Å². The first kappa shape index (κ1) is 36.1. The Labute approximate surface area is 336 Å². The maximum atomic E-state index is 5.10. The largest absolute Gasteiger partial charge is 0.255 e. The Hall–Kier alpha value is -6.52. The molecule has 0 saturated heterocycles. The van der Waals surface area contributed by atoms with Gasteiger partial charge in [0, 0.05) is 28.5 Å². The van der Waals surface area contributed by atoms with Crippen LogP contribution in [0.25, 0.3) is 78.8 Å². The minimum atomic E-state index is 0.0169. The second-order valence-corrected chi connectivity index (χ2v) is 16.9. The molecule has 0 saturated carbocycles. The van der Waals surface area contributed by atoms with E-state index in [0.717, 1.165) is 39.1 Å². The normalized spacial score (nSPS) is 14.9. The van der Waals surface area contributed by atoms with Crippen LogP contribution in [-0.4, -0.2) is 19.9 Å². The molecule has 0 spiro atoms. The third-order valence-electron chi connectivity index (χ3n) is 13.1. The lowest BCUT2D eigenvalue weighted by molar-refractivity contribution is 0.125. The third-order valence-corrected chi connectivity index (χ3v) is 13.1. The monoisotopic (exact) mass is 738 g/mol. The summed E-state index contributed by atoms with van der Waals surface area (Å²) < 4.78 is 0. The zero-order valence-corrected chi connectivity index (χ0v) is 33.5. The molecule has 0 atom stereocenters. The van der Waals surface area contributed by atoms with Gasteiger partial charge in [0.15, 0.2) is 17.5 Å². The molecule has 57 heavy (non-hydrogen) atoms. The third kappa shape index (κ3) is 6.36. The van der Waals surface area contributed by atoms with Gasteiger partial charge in [0.25, 0.3) is 0 Å². The van der Waals surface area contributed by atoms with Gasteiger partial charge in [-0.1, -0.05) is 163 Å². The second kappa shape index (κ2) is 13.9. The van der Waals surface area contributed by atoms with Crippen LogP contribution in [0.15, 0.2) is 170 Å². The number of pyridine rings is 1. The molecule has 6 aromatic carbocycles. The molecule has 0 fully saturated rings. The first-order valence-electron chi connectivity index (χ1n) is 19.8. The van der Waals surface area contributed by atoms with Crippen molar-refractivity contribution in [3.8, 4) is 78.8 Å². The SMILES string of the molecule is CC1(C)c2ccc(-c3ccc(-c4nc(-c5ccccc5)nc(-c5cccc(-c6cc(-c7ccccc7)cc(-c7ccccc7)c6)c5)n4)cn3)cc2C(C)(C)C1(C)C. The number of hydrogen-bond acceptors (Lipinski definition) is 4. The molecule has 4 heteroatoms. The van der Waals surface area contributed by atoms with Gasteiger partial charge in [-0.3, -0.25) is 4.98 Å². The number of hydrogen-bond donors (Lipinski definition) is 0. The van der Waals surface area contributed by atoms with E-state index in [-0.39, 0.29) is 16.2 Å². The molecule has 9 rings (SSSR count). The highest BCUT2D eigenvalue weighted by molar-refractivity contribution is 5.82. The van der Waals surface area contributed by atoms with Gasteiger partial charge in [0.2, 0.25) is 0 Å². The Bertz CT molecular complexity index is 2670. The smallest absolute Gasteiger partial charge is 0.165 e. The van der Waals surface area contributed by atoms with Crippen molar-refractivity contribution >= 4 is 0 Å². The van der Waals surface area contributed by atoms with Crippen molar-refractivity contribution in [3.05, 3.63) is 181 Å². The number of rotatable bonds is 7. The lowest BCUT2D eigenvalue weighted by Crippen LogP contribution is -2.42. The summed E-state index contributed by atoms with van der Waals surface area (Å²) in [5.41, 5.74) is 14.6. The molecule has 0 amide bonds. The minimum Gasteiger partial charge on any atom is -0.255 e. The molecule has 2 aromatic heterocycles. The minimum absolute atomic E-state index is 0.0169. The van der Waals surface area contributed by atoms with Crippen LogP contribution >= 0.6 is 0 Å². The summed E-state index contributed by atoms with van der Waals surface area (Å²) in [5.74, 6) is 1.81. The fourth-order valence-electron chi connectivity index (χ4n) is 8.49. The molecule has 0 bridgehead atoms. The Morgan fingerprint density at radius 1 is 0.316 bits per heavy atom. The zero-order valence-electron chi connectivity index (χ0n) is 33.5. The molecule has 8 aromatic rings. The van der Waals surface area contributed by atoms with Crippen molar-refractivity contribution < 1.29 is 0 Å². The summed E-state index contributed by atoms with van der Waals surface area (Å²) in [5, 5.41) is 0. The predicted molar refractivity (Wildman–Crippen MR) is 236 cm³/mol. The lowest BCUT2D eigenvalue weighted by Gasteiger charge is -2.44. The molecule has 1 aliphatic carbocycles. The number of benzene rings is 6. The molecule has 4 nitrogen and oxygen atoms in total. The maximum Gasteiger partial charge on any atom is 0.165 e. The summed E-state index contributed by atoms with van der Waals surface area (Å²) >= 11 is 0. The summed E-state index contributed by atoms with van der Waals surface area (Å²) in [6.07, 6.45) is 1.89. The van der Waals surface area contributed by atoms with Crippen LogP contribution in [0.4, 0.5) is 0 Å². The summed E-state index contributed by atoms with van der Waals surface area (Å²) in [6, 6.07) is 57.6. The topological polar surface area (TPSA) is 51.6 Å². The van der Waals surface area contributed by atoms with Crippen molar-refractivity contribution in [2.24, 2.45) is 5.41 Å². The highest BCUT2D eigenvalue weighted by atomic mass is 15.0. The number of fused-ring (bicyclic) bond motifs is 1. The molecule has 0 radical (unpaired) electrons. The van der Waals surface area contributed by atoms with Crippen LogP contribution in [0.2, 0.25) is 0 Å². The first-order chi connectivity index (χ1) is 27.5. The summed E-state index contributed by atoms with van der Waals surface area (Å²) in [4.78, 5) is 20.2. The fourth-order valence-corrected chi connectivity index (χ4v) is 8.49. The first-order valence-corrected chi connectivity index (χ1v) is 19.8. The second-order valence-electron chi connectivity index (χ2n) is 16.9. The van der Waals surface area contributed by atoms with Crippen LogP contribution < -0.4 is 0 Å². The van der Waals surface area contributed by atoms with Gasteiger partial charge in [0.05, 0.1) is 5.69 Å². The van der Waals surface area contributed by atoms with E-state index < -0.39 is 0 Å². The maximum absolute atomic E-state index is 5.10. The van der Waals surface area contributed by atoms with Crippen molar-refractivity contribution in [2.45, 2.75) is 52.4 Å². The Morgan fingerprint density at radius 2 is 0.754 bits per heavy atom. The van der Waals surface area contributed by atoms with E-state index in [2.05, 4.69) is 175 Å². The molecular weight excluding hydrogens is 693 g/mol. The Balaban J connectivity index is 1.11. The predicted octanol–water partition coefficient (Wildman–Crippen LogP) is 13.5. The highest BCUT2D eigenvalue weighted by Gasteiger charge is 2.56. The van der Waals surface area contributed by atoms with E-state index in [1.165, 1.54) is 33.4 Å². The molecule has 0 unspecified atom stereocenters. The van der Waals surface area contributed by atoms with Crippen molar-refractivity contribution in [1.29, 1.82) is 0 Å². The van der Waals surface area contributed by atoms with Crippen molar-refractivity contribution in [3.63, 3.8) is 0 Å². The Kier molecular flexibility index (Phi) is 8.81. The van der Waals surface area contributed by atoms with Crippen LogP contribution in [-0.2, 0) is 10.8 Å². The summed E-state index contributed by atoms with van der Waals surface area (Å²) in [6.45, 7) is 14.3. The number of aromatic nitrogens is 4. The van der Waals surface area contributed by atoms with Gasteiger partial charge in [-0.15, -0.1) is 0 Å². The zero-order chi connectivity index (χ0) is 39.4. The lowest BCUT2D eigenvalue weighted by atomic mass is 9.59. The van der Waals surface area contributed by atoms with E-state index in [1.807, 2.05) is 36.5 Å². The fraction of sp³-hybridized carbons (Fsp3) is 0.170. The molecule has 0 aliphatic heterocycles. The van der Waals surface area contributed by atoms with Gasteiger partial charge in [-0.25, -0.2) is 15.0 Å². The van der Waals surface area contributed by atoms with E-state index in [0.29, 0.717) is 17.5 Å².